The van der Waals surface area contributed by atoms with E-state index >= 15 is 0 Å². The van der Waals surface area contributed by atoms with Gasteiger partial charge in [0.2, 0.25) is 11.8 Å². The molecule has 2 aromatic heterocycles. The van der Waals surface area contributed by atoms with Crippen molar-refractivity contribution in [3.63, 3.8) is 0 Å². The number of rotatable bonds is 11. The van der Waals surface area contributed by atoms with Crippen molar-refractivity contribution in [2.75, 3.05) is 0 Å². The average Bonchev–Trinajstić information content (AvgIpc) is 3.36. The third-order valence-corrected chi connectivity index (χ3v) is 6.86. The summed E-state index contributed by atoms with van der Waals surface area (Å²) in [7, 11) is 0. The number of phenols is 1. The van der Waals surface area contributed by atoms with Gasteiger partial charge in [0.25, 0.3) is 0 Å². The summed E-state index contributed by atoms with van der Waals surface area (Å²) in [5.41, 5.74) is 11.6. The van der Waals surface area contributed by atoms with Crippen LogP contribution in [0.2, 0.25) is 0 Å². The predicted octanol–water partition coefficient (Wildman–Crippen LogP) is 4.86. The molecule has 0 aliphatic heterocycles. The zero-order valence-electron chi connectivity index (χ0n) is 23.3. The average molecular weight is 540 g/mol. The molecule has 2 amide bonds. The molecule has 0 bridgehead atoms. The summed E-state index contributed by atoms with van der Waals surface area (Å²) < 4.78 is 1.96. The number of pyridine rings is 1. The number of aryl methyl sites for hydroxylation is 1. The number of hydrogen-bond acceptors (Lipinski definition) is 5. The van der Waals surface area contributed by atoms with E-state index in [1.54, 1.807) is 24.5 Å². The Labute approximate surface area is 235 Å². The molecule has 0 aliphatic carbocycles. The SMILES string of the molecule is CC(C)(C)c1ccc(-n2nc(CCCCC(=O)N[C@@H](Cc3ccc(O)cc3)C(N)=O)cc2-c2ccncc2)cc1. The van der Waals surface area contributed by atoms with Gasteiger partial charge in [-0.05, 0) is 78.3 Å². The maximum absolute atomic E-state index is 12.6. The molecule has 4 N–H and O–H groups in total. The lowest BCUT2D eigenvalue weighted by atomic mass is 9.87. The molecule has 2 heterocycles. The van der Waals surface area contributed by atoms with Gasteiger partial charge in [0.15, 0.2) is 0 Å². The first-order valence-electron chi connectivity index (χ1n) is 13.6. The van der Waals surface area contributed by atoms with Crippen LogP contribution >= 0.6 is 0 Å². The number of carbonyl (C=O) groups is 2. The van der Waals surface area contributed by atoms with Gasteiger partial charge in [0.1, 0.15) is 11.8 Å². The van der Waals surface area contributed by atoms with Crippen LogP contribution in [-0.2, 0) is 27.8 Å². The van der Waals surface area contributed by atoms with Crippen molar-refractivity contribution in [2.24, 2.45) is 5.73 Å². The summed E-state index contributed by atoms with van der Waals surface area (Å²) in [6, 6.07) is 20.2. The van der Waals surface area contributed by atoms with Crippen LogP contribution in [0.25, 0.3) is 16.9 Å². The van der Waals surface area contributed by atoms with Gasteiger partial charge in [0.05, 0.1) is 17.1 Å². The van der Waals surface area contributed by atoms with Gasteiger partial charge in [0, 0.05) is 30.8 Å². The number of benzene rings is 2. The summed E-state index contributed by atoms with van der Waals surface area (Å²) in [4.78, 5) is 28.6. The second-order valence-corrected chi connectivity index (χ2v) is 11.1. The first-order chi connectivity index (χ1) is 19.1. The van der Waals surface area contributed by atoms with Crippen LogP contribution in [0.15, 0.2) is 79.1 Å². The molecule has 4 rings (SSSR count). The van der Waals surface area contributed by atoms with E-state index in [-0.39, 0.29) is 29.9 Å². The van der Waals surface area contributed by atoms with Gasteiger partial charge in [-0.1, -0.05) is 45.0 Å². The Morgan fingerprint density at radius 3 is 2.27 bits per heavy atom. The molecule has 0 spiro atoms. The third kappa shape index (κ3) is 7.56. The highest BCUT2D eigenvalue weighted by atomic mass is 16.3. The summed E-state index contributed by atoms with van der Waals surface area (Å²) in [6.45, 7) is 6.58. The molecule has 0 saturated heterocycles. The molecule has 0 fully saturated rings. The number of hydrogen-bond donors (Lipinski definition) is 3. The van der Waals surface area contributed by atoms with E-state index < -0.39 is 11.9 Å². The van der Waals surface area contributed by atoms with Crippen molar-refractivity contribution in [1.82, 2.24) is 20.1 Å². The number of amides is 2. The quantitative estimate of drug-likeness (QED) is 0.235. The molecule has 0 radical (unpaired) electrons. The lowest BCUT2D eigenvalue weighted by Gasteiger charge is -2.19. The zero-order valence-corrected chi connectivity index (χ0v) is 23.3. The van der Waals surface area contributed by atoms with Crippen molar-refractivity contribution in [3.8, 4) is 22.7 Å². The van der Waals surface area contributed by atoms with Gasteiger partial charge < -0.3 is 16.2 Å². The summed E-state index contributed by atoms with van der Waals surface area (Å²) in [5.74, 6) is -0.671. The molecule has 40 heavy (non-hydrogen) atoms. The highest BCUT2D eigenvalue weighted by Gasteiger charge is 2.19. The molecular weight excluding hydrogens is 502 g/mol. The molecular formula is C32H37N5O3. The third-order valence-electron chi connectivity index (χ3n) is 6.86. The van der Waals surface area contributed by atoms with Gasteiger partial charge in [-0.15, -0.1) is 0 Å². The van der Waals surface area contributed by atoms with Crippen molar-refractivity contribution in [1.29, 1.82) is 0 Å². The van der Waals surface area contributed by atoms with E-state index in [0.29, 0.717) is 12.8 Å². The molecule has 0 aliphatic rings. The molecule has 0 unspecified atom stereocenters. The maximum atomic E-state index is 12.6. The molecule has 208 valence electrons. The van der Waals surface area contributed by atoms with Crippen LogP contribution in [0.4, 0.5) is 0 Å². The minimum Gasteiger partial charge on any atom is -0.508 e. The smallest absolute Gasteiger partial charge is 0.240 e. The number of nitrogens with zero attached hydrogens (tertiary/aromatic N) is 3. The lowest BCUT2D eigenvalue weighted by molar-refractivity contribution is -0.127. The second-order valence-electron chi connectivity index (χ2n) is 11.1. The van der Waals surface area contributed by atoms with Crippen molar-refractivity contribution in [2.45, 2.75) is 64.3 Å². The topological polar surface area (TPSA) is 123 Å². The Bertz CT molecular complexity index is 1420. The van der Waals surface area contributed by atoms with E-state index in [0.717, 1.165) is 34.6 Å². The first-order valence-corrected chi connectivity index (χ1v) is 13.6. The lowest BCUT2D eigenvalue weighted by Crippen LogP contribution is -2.45. The van der Waals surface area contributed by atoms with Crippen LogP contribution in [0, 0.1) is 0 Å². The number of unbranched alkanes of at least 4 members (excludes halogenated alkanes) is 1. The Hall–Kier alpha value is -4.46. The van der Waals surface area contributed by atoms with E-state index in [9.17, 15) is 14.7 Å². The minimum atomic E-state index is -0.805. The Balaban J connectivity index is 1.38. The largest absolute Gasteiger partial charge is 0.508 e. The summed E-state index contributed by atoms with van der Waals surface area (Å²) in [6.07, 6.45) is 6.23. The fraction of sp³-hybridized carbons (Fsp3) is 0.312. The van der Waals surface area contributed by atoms with Gasteiger partial charge in [-0.3, -0.25) is 14.6 Å². The number of nitrogens with two attached hydrogens (primary N) is 1. The number of phenolic OH excluding ortho intramolecular Hbond substituents is 1. The fourth-order valence-corrected chi connectivity index (χ4v) is 4.53. The van der Waals surface area contributed by atoms with Crippen LogP contribution in [-0.4, -0.2) is 37.7 Å². The van der Waals surface area contributed by atoms with E-state index in [4.69, 9.17) is 10.8 Å². The maximum Gasteiger partial charge on any atom is 0.240 e. The Morgan fingerprint density at radius 1 is 0.975 bits per heavy atom. The second kappa shape index (κ2) is 12.6. The highest BCUT2D eigenvalue weighted by molar-refractivity contribution is 5.86. The molecule has 4 aromatic rings. The van der Waals surface area contributed by atoms with Crippen LogP contribution in [0.5, 0.6) is 5.75 Å². The predicted molar refractivity (Wildman–Crippen MR) is 156 cm³/mol. The van der Waals surface area contributed by atoms with Crippen molar-refractivity contribution in [3.05, 3.63) is 95.9 Å². The normalized spacial score (nSPS) is 12.2. The molecule has 0 saturated carbocycles. The summed E-state index contributed by atoms with van der Waals surface area (Å²) >= 11 is 0. The zero-order chi connectivity index (χ0) is 28.7. The minimum absolute atomic E-state index is 0.0665. The number of carbonyl (C=O) groups excluding carboxylic acids is 2. The van der Waals surface area contributed by atoms with Gasteiger partial charge in [-0.2, -0.15) is 5.10 Å². The molecule has 1 atom stereocenters. The summed E-state index contributed by atoms with van der Waals surface area (Å²) in [5, 5.41) is 17.1. The molecule has 2 aromatic carbocycles. The standard InChI is InChI=1S/C32H37N5O3/c1-32(2,3)24-10-12-26(13-11-24)37-29(23-16-18-34-19-17-23)21-25(36-37)6-4-5-7-30(39)35-28(31(33)40)20-22-8-14-27(38)15-9-22/h8-19,21,28,38H,4-7,20H2,1-3H3,(H2,33,40)(H,35,39)/t28-/m0/s1. The van der Waals surface area contributed by atoms with Crippen LogP contribution in [0.1, 0.15) is 56.9 Å². The first kappa shape index (κ1) is 28.5. The van der Waals surface area contributed by atoms with Gasteiger partial charge in [-0.25, -0.2) is 4.68 Å². The Kier molecular flexibility index (Phi) is 8.99. The molecule has 8 nitrogen and oxygen atoms in total. The van der Waals surface area contributed by atoms with Gasteiger partial charge >= 0.3 is 0 Å². The van der Waals surface area contributed by atoms with Crippen molar-refractivity contribution >= 4 is 11.8 Å². The van der Waals surface area contributed by atoms with E-state index in [1.807, 2.05) is 16.8 Å². The van der Waals surface area contributed by atoms with Crippen molar-refractivity contribution < 1.29 is 14.7 Å². The van der Waals surface area contributed by atoms with Crippen LogP contribution < -0.4 is 11.1 Å². The number of nitrogens with one attached hydrogen (secondary N) is 1. The fourth-order valence-electron chi connectivity index (χ4n) is 4.53. The molecule has 8 heteroatoms. The number of primary amides is 1. The van der Waals surface area contributed by atoms with E-state index in [1.165, 1.54) is 17.7 Å². The monoisotopic (exact) mass is 539 g/mol. The number of aromatic nitrogens is 3. The number of aromatic hydroxyl groups is 1. The Morgan fingerprint density at radius 2 is 1.65 bits per heavy atom. The van der Waals surface area contributed by atoms with Crippen LogP contribution in [0.3, 0.4) is 0 Å². The van der Waals surface area contributed by atoms with E-state index in [2.05, 4.69) is 61.4 Å². The highest BCUT2D eigenvalue weighted by Crippen LogP contribution is 2.27.